The minimum absolute atomic E-state index is 0.165. The standard InChI is InChI=1S/C12H10N2O2S/c1-17(15,16)9-12(11(7-13)8-14)10-5-3-2-4-6-10/h2-6H,9H2,1H3. The van der Waals surface area contributed by atoms with Crippen LogP contribution >= 0.6 is 0 Å². The summed E-state index contributed by atoms with van der Waals surface area (Å²) in [5.74, 6) is -0.312. The lowest BCUT2D eigenvalue weighted by Gasteiger charge is -2.06. The summed E-state index contributed by atoms with van der Waals surface area (Å²) in [7, 11) is -3.30. The van der Waals surface area contributed by atoms with Crippen LogP contribution in [0.5, 0.6) is 0 Å². The molecule has 1 aromatic rings. The first-order valence-electron chi connectivity index (χ1n) is 4.74. The van der Waals surface area contributed by atoms with Crippen LogP contribution in [0.4, 0.5) is 0 Å². The van der Waals surface area contributed by atoms with Crippen LogP contribution in [0.2, 0.25) is 0 Å². The molecule has 0 spiro atoms. The second kappa shape index (κ2) is 5.29. The Hall–Kier alpha value is -2.11. The highest BCUT2D eigenvalue weighted by Gasteiger charge is 2.14. The quantitative estimate of drug-likeness (QED) is 0.757. The van der Waals surface area contributed by atoms with Crippen LogP contribution in [0.15, 0.2) is 35.9 Å². The molecular weight excluding hydrogens is 236 g/mol. The van der Waals surface area contributed by atoms with E-state index in [2.05, 4.69) is 0 Å². The molecule has 0 heterocycles. The van der Waals surface area contributed by atoms with Gasteiger partial charge >= 0.3 is 0 Å². The average Bonchev–Trinajstić information content (AvgIpc) is 2.29. The Morgan fingerprint density at radius 3 is 2.12 bits per heavy atom. The van der Waals surface area contributed by atoms with Gasteiger partial charge in [0.2, 0.25) is 0 Å². The summed E-state index contributed by atoms with van der Waals surface area (Å²) in [6, 6.07) is 12.0. The molecule has 0 saturated carbocycles. The highest BCUT2D eigenvalue weighted by atomic mass is 32.2. The highest BCUT2D eigenvalue weighted by Crippen LogP contribution is 2.19. The number of sulfone groups is 1. The van der Waals surface area contributed by atoms with E-state index in [1.165, 1.54) is 0 Å². The number of nitriles is 2. The maximum atomic E-state index is 11.3. The third-order valence-corrected chi connectivity index (χ3v) is 2.87. The second-order valence-electron chi connectivity index (χ2n) is 3.51. The lowest BCUT2D eigenvalue weighted by Crippen LogP contribution is -2.07. The molecule has 0 fully saturated rings. The van der Waals surface area contributed by atoms with Gasteiger partial charge in [-0.3, -0.25) is 0 Å². The average molecular weight is 246 g/mol. The van der Waals surface area contributed by atoms with E-state index < -0.39 is 9.84 Å². The van der Waals surface area contributed by atoms with Gasteiger partial charge in [0, 0.05) is 11.8 Å². The fraction of sp³-hybridized carbons (Fsp3) is 0.167. The second-order valence-corrected chi connectivity index (χ2v) is 5.65. The highest BCUT2D eigenvalue weighted by molar-refractivity contribution is 7.91. The molecule has 5 heteroatoms. The van der Waals surface area contributed by atoms with Crippen molar-refractivity contribution in [3.05, 3.63) is 41.5 Å². The maximum absolute atomic E-state index is 11.3. The Kier molecular flexibility index (Phi) is 4.03. The van der Waals surface area contributed by atoms with Gasteiger partial charge in [-0.1, -0.05) is 30.3 Å². The predicted octanol–water partition coefficient (Wildman–Crippen LogP) is 1.53. The van der Waals surface area contributed by atoms with Gasteiger partial charge < -0.3 is 0 Å². The Labute approximate surface area is 100 Å². The van der Waals surface area contributed by atoms with Gasteiger partial charge in [-0.05, 0) is 5.56 Å². The number of nitrogens with zero attached hydrogens (tertiary/aromatic N) is 2. The molecule has 0 aliphatic rings. The molecule has 0 unspecified atom stereocenters. The van der Waals surface area contributed by atoms with E-state index in [-0.39, 0.29) is 16.9 Å². The molecule has 0 aromatic heterocycles. The van der Waals surface area contributed by atoms with E-state index in [0.717, 1.165) is 6.26 Å². The van der Waals surface area contributed by atoms with Crippen LogP contribution in [-0.4, -0.2) is 20.4 Å². The summed E-state index contributed by atoms with van der Waals surface area (Å²) in [5.41, 5.74) is 0.663. The van der Waals surface area contributed by atoms with Gasteiger partial charge in [0.25, 0.3) is 0 Å². The van der Waals surface area contributed by atoms with Crippen molar-refractivity contribution in [2.24, 2.45) is 0 Å². The zero-order valence-electron chi connectivity index (χ0n) is 9.21. The van der Waals surface area contributed by atoms with Gasteiger partial charge in [0.15, 0.2) is 9.84 Å². The summed E-state index contributed by atoms with van der Waals surface area (Å²) < 4.78 is 22.6. The smallest absolute Gasteiger partial charge is 0.151 e. The third-order valence-electron chi connectivity index (χ3n) is 2.05. The van der Waals surface area contributed by atoms with Crippen molar-refractivity contribution in [2.75, 3.05) is 12.0 Å². The summed E-state index contributed by atoms with van der Waals surface area (Å²) in [4.78, 5) is 0. The summed E-state index contributed by atoms with van der Waals surface area (Å²) >= 11 is 0. The van der Waals surface area contributed by atoms with Crippen LogP contribution in [0.3, 0.4) is 0 Å². The fourth-order valence-corrected chi connectivity index (χ4v) is 2.20. The number of hydrogen-bond acceptors (Lipinski definition) is 4. The molecular formula is C12H10N2O2S. The van der Waals surface area contributed by atoms with Crippen LogP contribution in [-0.2, 0) is 9.84 Å². The van der Waals surface area contributed by atoms with Crippen LogP contribution in [0.1, 0.15) is 5.56 Å². The van der Waals surface area contributed by atoms with Crippen molar-refractivity contribution in [3.63, 3.8) is 0 Å². The third kappa shape index (κ3) is 3.75. The predicted molar refractivity (Wildman–Crippen MR) is 64.3 cm³/mol. The summed E-state index contributed by atoms with van der Waals surface area (Å²) in [6.07, 6.45) is 1.07. The van der Waals surface area contributed by atoms with Crippen molar-refractivity contribution in [2.45, 2.75) is 0 Å². The molecule has 0 amide bonds. The largest absolute Gasteiger partial charge is 0.229 e. The minimum Gasteiger partial charge on any atom is -0.229 e. The van der Waals surface area contributed by atoms with Gasteiger partial charge in [0.05, 0.1) is 5.75 Å². The zero-order valence-corrected chi connectivity index (χ0v) is 10.0. The molecule has 4 nitrogen and oxygen atoms in total. The molecule has 0 radical (unpaired) electrons. The minimum atomic E-state index is -3.30. The lowest BCUT2D eigenvalue weighted by molar-refractivity contribution is 0.605. The maximum Gasteiger partial charge on any atom is 0.151 e. The van der Waals surface area contributed by atoms with Crippen molar-refractivity contribution in [1.82, 2.24) is 0 Å². The van der Waals surface area contributed by atoms with E-state index in [1.54, 1.807) is 42.5 Å². The van der Waals surface area contributed by atoms with Gasteiger partial charge in [-0.2, -0.15) is 10.5 Å². The summed E-state index contributed by atoms with van der Waals surface area (Å²) in [6.45, 7) is 0. The lowest BCUT2D eigenvalue weighted by atomic mass is 10.0. The van der Waals surface area contributed by atoms with E-state index in [4.69, 9.17) is 10.5 Å². The van der Waals surface area contributed by atoms with E-state index in [1.807, 2.05) is 0 Å². The molecule has 0 saturated heterocycles. The molecule has 86 valence electrons. The molecule has 0 aliphatic heterocycles. The van der Waals surface area contributed by atoms with E-state index >= 15 is 0 Å². The number of rotatable bonds is 3. The molecule has 1 rings (SSSR count). The molecule has 0 bridgehead atoms. The fourth-order valence-electron chi connectivity index (χ4n) is 1.36. The van der Waals surface area contributed by atoms with Crippen molar-refractivity contribution in [3.8, 4) is 12.1 Å². The molecule has 17 heavy (non-hydrogen) atoms. The van der Waals surface area contributed by atoms with Crippen molar-refractivity contribution >= 4 is 15.4 Å². The first-order valence-corrected chi connectivity index (χ1v) is 6.80. The zero-order chi connectivity index (χ0) is 12.9. The van der Waals surface area contributed by atoms with Gasteiger partial charge in [-0.25, -0.2) is 8.42 Å². The molecule has 0 aliphatic carbocycles. The SMILES string of the molecule is CS(=O)(=O)CC(=C(C#N)C#N)c1ccccc1. The summed E-state index contributed by atoms with van der Waals surface area (Å²) in [5, 5.41) is 17.7. The molecule has 1 aromatic carbocycles. The first-order chi connectivity index (χ1) is 7.98. The molecule has 0 N–H and O–H groups in total. The Bertz CT molecular complexity index is 601. The number of hydrogen-bond donors (Lipinski definition) is 0. The Morgan fingerprint density at radius 2 is 1.71 bits per heavy atom. The first kappa shape index (κ1) is 13.0. The van der Waals surface area contributed by atoms with E-state index in [9.17, 15) is 8.42 Å². The monoisotopic (exact) mass is 246 g/mol. The number of benzene rings is 1. The van der Waals surface area contributed by atoms with Crippen molar-refractivity contribution in [1.29, 1.82) is 10.5 Å². The number of allylic oxidation sites excluding steroid dienone is 1. The molecule has 0 atom stereocenters. The van der Waals surface area contributed by atoms with Gasteiger partial charge in [-0.15, -0.1) is 0 Å². The Balaban J connectivity index is 3.39. The van der Waals surface area contributed by atoms with Crippen molar-refractivity contribution < 1.29 is 8.42 Å². The van der Waals surface area contributed by atoms with Gasteiger partial charge in [0.1, 0.15) is 17.7 Å². The normalized spacial score (nSPS) is 10.1. The van der Waals surface area contributed by atoms with E-state index in [0.29, 0.717) is 5.56 Å². The van der Waals surface area contributed by atoms with Crippen LogP contribution in [0, 0.1) is 22.7 Å². The Morgan fingerprint density at radius 1 is 1.18 bits per heavy atom. The van der Waals surface area contributed by atoms with Crippen LogP contribution < -0.4 is 0 Å². The van der Waals surface area contributed by atoms with Crippen LogP contribution in [0.25, 0.3) is 5.57 Å². The topological polar surface area (TPSA) is 81.7 Å².